The zero-order chi connectivity index (χ0) is 7.68. The maximum absolute atomic E-state index is 5.07. The van der Waals surface area contributed by atoms with E-state index in [0.29, 0.717) is 5.92 Å². The molecule has 1 saturated carbocycles. The Hall–Kier alpha value is -0.340. The fraction of sp³-hybridized carbons (Fsp3) is 0.778. The highest BCUT2D eigenvalue weighted by molar-refractivity contribution is 5.05. The van der Waals surface area contributed by atoms with Crippen molar-refractivity contribution >= 4 is 0 Å². The molecular formula is C9H15NO. The van der Waals surface area contributed by atoms with Gasteiger partial charge in [-0.3, -0.25) is 0 Å². The van der Waals surface area contributed by atoms with Gasteiger partial charge in [0.15, 0.2) is 0 Å². The molecule has 2 bridgehead atoms. The quantitative estimate of drug-likeness (QED) is 0.481. The van der Waals surface area contributed by atoms with Gasteiger partial charge in [0.2, 0.25) is 0 Å². The van der Waals surface area contributed by atoms with Gasteiger partial charge in [-0.25, -0.2) is 5.90 Å². The molecule has 0 saturated heterocycles. The van der Waals surface area contributed by atoms with Crippen molar-refractivity contribution < 1.29 is 4.84 Å². The van der Waals surface area contributed by atoms with E-state index < -0.39 is 0 Å². The van der Waals surface area contributed by atoms with Crippen LogP contribution in [0.1, 0.15) is 19.3 Å². The van der Waals surface area contributed by atoms with Gasteiger partial charge in [0.1, 0.15) is 0 Å². The minimum Gasteiger partial charge on any atom is -0.304 e. The van der Waals surface area contributed by atoms with Gasteiger partial charge < -0.3 is 4.84 Å². The summed E-state index contributed by atoms with van der Waals surface area (Å²) in [6, 6.07) is 0. The highest BCUT2D eigenvalue weighted by Crippen LogP contribution is 2.40. The molecule has 0 aromatic carbocycles. The third-order valence-electron chi connectivity index (χ3n) is 3.02. The van der Waals surface area contributed by atoms with E-state index in [2.05, 4.69) is 12.2 Å². The van der Waals surface area contributed by atoms with Crippen LogP contribution in [0, 0.1) is 17.8 Å². The third kappa shape index (κ3) is 1.33. The molecule has 0 spiro atoms. The third-order valence-corrected chi connectivity index (χ3v) is 3.02. The van der Waals surface area contributed by atoms with E-state index in [-0.39, 0.29) is 0 Å². The van der Waals surface area contributed by atoms with Crippen LogP contribution in [0.15, 0.2) is 12.2 Å². The second kappa shape index (κ2) is 2.95. The number of allylic oxidation sites excluding steroid dienone is 2. The minimum absolute atomic E-state index is 0.698. The largest absolute Gasteiger partial charge is 0.304 e. The van der Waals surface area contributed by atoms with E-state index in [4.69, 9.17) is 10.7 Å². The molecule has 3 aliphatic rings. The maximum atomic E-state index is 5.07. The lowest BCUT2D eigenvalue weighted by Gasteiger charge is -2.37. The standard InChI is InChI=1S/C9H15NO/c10-11-6-9-5-7-1-3-8(9)4-2-7/h1,3,7-9H,2,4-6,10H2. The van der Waals surface area contributed by atoms with Crippen molar-refractivity contribution in [3.63, 3.8) is 0 Å². The average molecular weight is 153 g/mol. The average Bonchev–Trinajstić information content (AvgIpc) is 2.07. The predicted molar refractivity (Wildman–Crippen MR) is 43.6 cm³/mol. The van der Waals surface area contributed by atoms with Crippen molar-refractivity contribution in [2.24, 2.45) is 23.7 Å². The SMILES string of the molecule is NOCC1CC2C=CC1CC2. The molecule has 2 heteroatoms. The predicted octanol–water partition coefficient (Wildman–Crippen LogP) is 1.48. The van der Waals surface area contributed by atoms with Crippen LogP contribution >= 0.6 is 0 Å². The summed E-state index contributed by atoms with van der Waals surface area (Å²) in [5.41, 5.74) is 0. The Bertz CT molecular complexity index is 167. The molecule has 11 heavy (non-hydrogen) atoms. The Morgan fingerprint density at radius 1 is 1.36 bits per heavy atom. The molecule has 3 unspecified atom stereocenters. The van der Waals surface area contributed by atoms with Gasteiger partial charge in [0, 0.05) is 0 Å². The zero-order valence-corrected chi connectivity index (χ0v) is 6.70. The smallest absolute Gasteiger partial charge is 0.0713 e. The van der Waals surface area contributed by atoms with Crippen LogP contribution in [-0.4, -0.2) is 6.61 Å². The fourth-order valence-corrected chi connectivity index (χ4v) is 2.37. The molecule has 1 fully saturated rings. The molecule has 2 nitrogen and oxygen atoms in total. The monoisotopic (exact) mass is 153 g/mol. The summed E-state index contributed by atoms with van der Waals surface area (Å²) in [6.45, 7) is 0.742. The van der Waals surface area contributed by atoms with Crippen molar-refractivity contribution in [1.82, 2.24) is 0 Å². The number of rotatable bonds is 2. The molecular weight excluding hydrogens is 138 g/mol. The summed E-state index contributed by atoms with van der Waals surface area (Å²) < 4.78 is 0. The van der Waals surface area contributed by atoms with Crippen LogP contribution in [-0.2, 0) is 4.84 Å². The normalized spacial score (nSPS) is 41.4. The molecule has 3 aliphatic carbocycles. The number of hydrogen-bond acceptors (Lipinski definition) is 2. The van der Waals surface area contributed by atoms with Crippen LogP contribution < -0.4 is 5.90 Å². The van der Waals surface area contributed by atoms with Crippen molar-refractivity contribution in [2.75, 3.05) is 6.61 Å². The van der Waals surface area contributed by atoms with Crippen LogP contribution in [0.4, 0.5) is 0 Å². The highest BCUT2D eigenvalue weighted by atomic mass is 16.6. The molecule has 0 aromatic rings. The van der Waals surface area contributed by atoms with E-state index in [0.717, 1.165) is 18.4 Å². The first-order valence-electron chi connectivity index (χ1n) is 4.40. The van der Waals surface area contributed by atoms with Crippen molar-refractivity contribution in [2.45, 2.75) is 19.3 Å². The Morgan fingerprint density at radius 3 is 2.73 bits per heavy atom. The molecule has 3 rings (SSSR count). The van der Waals surface area contributed by atoms with Crippen molar-refractivity contribution in [1.29, 1.82) is 0 Å². The lowest BCUT2D eigenvalue weighted by molar-refractivity contribution is 0.0574. The van der Waals surface area contributed by atoms with Crippen LogP contribution in [0.3, 0.4) is 0 Å². The minimum atomic E-state index is 0.698. The van der Waals surface area contributed by atoms with E-state index in [1.54, 1.807) is 0 Å². The molecule has 2 N–H and O–H groups in total. The molecule has 0 heterocycles. The molecule has 0 amide bonds. The number of nitrogens with two attached hydrogens (primary N) is 1. The summed E-state index contributed by atoms with van der Waals surface area (Å²) in [5, 5.41) is 0. The summed E-state index contributed by atoms with van der Waals surface area (Å²) >= 11 is 0. The molecule has 62 valence electrons. The summed E-state index contributed by atoms with van der Waals surface area (Å²) in [4.78, 5) is 4.70. The second-order valence-corrected chi connectivity index (χ2v) is 3.72. The maximum Gasteiger partial charge on any atom is 0.0713 e. The van der Waals surface area contributed by atoms with Gasteiger partial charge in [0.05, 0.1) is 6.61 Å². The first-order chi connectivity index (χ1) is 5.40. The van der Waals surface area contributed by atoms with Crippen LogP contribution in [0.25, 0.3) is 0 Å². The van der Waals surface area contributed by atoms with Gasteiger partial charge in [-0.05, 0) is 37.0 Å². The zero-order valence-electron chi connectivity index (χ0n) is 6.70. The fourth-order valence-electron chi connectivity index (χ4n) is 2.37. The molecule has 0 aliphatic heterocycles. The van der Waals surface area contributed by atoms with E-state index in [1.165, 1.54) is 19.3 Å². The van der Waals surface area contributed by atoms with E-state index in [1.807, 2.05) is 0 Å². The Balaban J connectivity index is 2.00. The summed E-state index contributed by atoms with van der Waals surface area (Å²) in [6.07, 6.45) is 8.72. The second-order valence-electron chi connectivity index (χ2n) is 3.72. The topological polar surface area (TPSA) is 35.2 Å². The summed E-state index contributed by atoms with van der Waals surface area (Å²) in [5.74, 6) is 7.34. The van der Waals surface area contributed by atoms with Crippen molar-refractivity contribution in [3.05, 3.63) is 12.2 Å². The Labute approximate surface area is 67.4 Å². The first-order valence-corrected chi connectivity index (χ1v) is 4.40. The van der Waals surface area contributed by atoms with Crippen LogP contribution in [0.2, 0.25) is 0 Å². The Kier molecular flexibility index (Phi) is 1.96. The van der Waals surface area contributed by atoms with E-state index in [9.17, 15) is 0 Å². The van der Waals surface area contributed by atoms with Gasteiger partial charge in [-0.2, -0.15) is 0 Å². The summed E-state index contributed by atoms with van der Waals surface area (Å²) in [7, 11) is 0. The van der Waals surface area contributed by atoms with Gasteiger partial charge >= 0.3 is 0 Å². The molecule has 0 aromatic heterocycles. The Morgan fingerprint density at radius 2 is 2.27 bits per heavy atom. The van der Waals surface area contributed by atoms with Gasteiger partial charge in [-0.15, -0.1) is 0 Å². The van der Waals surface area contributed by atoms with Crippen molar-refractivity contribution in [3.8, 4) is 0 Å². The lowest BCUT2D eigenvalue weighted by Crippen LogP contribution is -2.31. The van der Waals surface area contributed by atoms with Gasteiger partial charge in [-0.1, -0.05) is 12.2 Å². The lowest BCUT2D eigenvalue weighted by atomic mass is 9.69. The molecule has 0 radical (unpaired) electrons. The van der Waals surface area contributed by atoms with Crippen LogP contribution in [0.5, 0.6) is 0 Å². The number of hydrogen-bond donors (Lipinski definition) is 1. The highest BCUT2D eigenvalue weighted by Gasteiger charge is 2.31. The van der Waals surface area contributed by atoms with E-state index >= 15 is 0 Å². The number of fused-ring (bicyclic) bond motifs is 2. The van der Waals surface area contributed by atoms with Gasteiger partial charge in [0.25, 0.3) is 0 Å². The molecule has 3 atom stereocenters. The first kappa shape index (κ1) is 7.32.